The number of anilines is 2. The van der Waals surface area contributed by atoms with Crippen molar-refractivity contribution in [2.45, 2.75) is 5.41 Å². The normalized spacial score (nSPS) is 14.9. The van der Waals surface area contributed by atoms with E-state index in [1.54, 1.807) is 0 Å². The van der Waals surface area contributed by atoms with E-state index in [1.165, 1.54) is 0 Å². The summed E-state index contributed by atoms with van der Waals surface area (Å²) in [5.41, 5.74) is 12.5. The third kappa shape index (κ3) is 4.82. The number of nitrogens with one attached hydrogen (secondary N) is 1. The lowest BCUT2D eigenvalue weighted by Crippen LogP contribution is -2.36. The molecular formula is C49H33NO2. The standard InChI is InChI=1S/C49H33NO2/c1-4-14-33(15-5-1)36-25-28-42-47(31-36)51-45-22-12-10-20-40(45)49(42)41-21-11-13-23-46(41)52-48-32-37(26-29-43(48)49)35-24-27-39(34-16-6-2-7-17-34)44(30-35)50-38-18-8-3-9-19-38/h1-32,50H. The van der Waals surface area contributed by atoms with Crippen molar-refractivity contribution in [3.63, 3.8) is 0 Å². The van der Waals surface area contributed by atoms with Crippen LogP contribution in [-0.2, 0) is 5.41 Å². The fourth-order valence-electron chi connectivity index (χ4n) is 8.03. The fourth-order valence-corrected chi connectivity index (χ4v) is 8.03. The average Bonchev–Trinajstić information content (AvgIpc) is 3.21. The molecule has 52 heavy (non-hydrogen) atoms. The molecule has 0 amide bonds. The molecule has 246 valence electrons. The van der Waals surface area contributed by atoms with E-state index >= 15 is 0 Å². The summed E-state index contributed by atoms with van der Waals surface area (Å²) in [6.45, 7) is 0. The van der Waals surface area contributed by atoms with E-state index in [2.05, 4.69) is 181 Å². The van der Waals surface area contributed by atoms with Gasteiger partial charge in [0.25, 0.3) is 0 Å². The minimum Gasteiger partial charge on any atom is -0.457 e. The van der Waals surface area contributed by atoms with Crippen molar-refractivity contribution in [3.05, 3.63) is 216 Å². The van der Waals surface area contributed by atoms with Gasteiger partial charge in [-0.3, -0.25) is 0 Å². The predicted molar refractivity (Wildman–Crippen MR) is 211 cm³/mol. The molecule has 0 aliphatic carbocycles. The van der Waals surface area contributed by atoms with Gasteiger partial charge in [0.1, 0.15) is 23.0 Å². The van der Waals surface area contributed by atoms with E-state index in [4.69, 9.17) is 9.47 Å². The number of fused-ring (bicyclic) bond motifs is 8. The molecule has 2 aliphatic rings. The van der Waals surface area contributed by atoms with Crippen molar-refractivity contribution in [2.75, 3.05) is 5.32 Å². The van der Waals surface area contributed by atoms with Gasteiger partial charge in [-0.2, -0.15) is 0 Å². The molecular weight excluding hydrogens is 635 g/mol. The summed E-state index contributed by atoms with van der Waals surface area (Å²) in [6, 6.07) is 68.2. The van der Waals surface area contributed by atoms with Gasteiger partial charge in [0.05, 0.1) is 5.41 Å². The first-order valence-electron chi connectivity index (χ1n) is 17.7. The molecule has 3 nitrogen and oxygen atoms in total. The minimum absolute atomic E-state index is 0.653. The monoisotopic (exact) mass is 667 g/mol. The Kier molecular flexibility index (Phi) is 7.04. The highest BCUT2D eigenvalue weighted by molar-refractivity contribution is 5.86. The van der Waals surface area contributed by atoms with Gasteiger partial charge in [-0.15, -0.1) is 0 Å². The molecule has 0 saturated carbocycles. The maximum Gasteiger partial charge on any atom is 0.132 e. The van der Waals surface area contributed by atoms with Crippen LogP contribution in [0.2, 0.25) is 0 Å². The van der Waals surface area contributed by atoms with Crippen LogP contribution in [0.25, 0.3) is 33.4 Å². The summed E-state index contributed by atoms with van der Waals surface area (Å²) < 4.78 is 13.6. The number of hydrogen-bond acceptors (Lipinski definition) is 3. The summed E-state index contributed by atoms with van der Waals surface area (Å²) in [5.74, 6) is 3.36. The van der Waals surface area contributed by atoms with Gasteiger partial charge >= 0.3 is 0 Å². The van der Waals surface area contributed by atoms with Crippen LogP contribution in [-0.4, -0.2) is 0 Å². The lowest BCUT2D eigenvalue weighted by atomic mass is 9.62. The van der Waals surface area contributed by atoms with Crippen LogP contribution in [0.15, 0.2) is 194 Å². The van der Waals surface area contributed by atoms with E-state index in [-0.39, 0.29) is 0 Å². The van der Waals surface area contributed by atoms with Gasteiger partial charge in [0, 0.05) is 39.2 Å². The van der Waals surface area contributed by atoms with Crippen LogP contribution in [0.4, 0.5) is 11.4 Å². The second kappa shape index (κ2) is 12.2. The van der Waals surface area contributed by atoms with Crippen molar-refractivity contribution in [1.82, 2.24) is 0 Å². The molecule has 1 N–H and O–H groups in total. The molecule has 0 aromatic heterocycles. The lowest BCUT2D eigenvalue weighted by molar-refractivity contribution is 0.399. The number of benzene rings is 8. The Morgan fingerprint density at radius 2 is 0.769 bits per heavy atom. The lowest BCUT2D eigenvalue weighted by Gasteiger charge is -2.45. The summed E-state index contributed by atoms with van der Waals surface area (Å²) in [4.78, 5) is 0. The summed E-state index contributed by atoms with van der Waals surface area (Å²) >= 11 is 0. The number of ether oxygens (including phenoxy) is 2. The smallest absolute Gasteiger partial charge is 0.132 e. The van der Waals surface area contributed by atoms with Crippen molar-refractivity contribution in [2.24, 2.45) is 0 Å². The highest BCUT2D eigenvalue weighted by Gasteiger charge is 2.50. The van der Waals surface area contributed by atoms with Crippen LogP contribution in [0.1, 0.15) is 22.3 Å². The third-order valence-electron chi connectivity index (χ3n) is 10.4. The van der Waals surface area contributed by atoms with Gasteiger partial charge < -0.3 is 14.8 Å². The highest BCUT2D eigenvalue weighted by Crippen LogP contribution is 2.62. The topological polar surface area (TPSA) is 30.5 Å². The van der Waals surface area contributed by atoms with Gasteiger partial charge in [0.2, 0.25) is 0 Å². The maximum atomic E-state index is 6.85. The summed E-state index contributed by atoms with van der Waals surface area (Å²) in [5, 5.41) is 3.70. The van der Waals surface area contributed by atoms with E-state index < -0.39 is 5.41 Å². The average molecular weight is 668 g/mol. The Bertz CT molecular complexity index is 2590. The van der Waals surface area contributed by atoms with E-state index in [0.29, 0.717) is 0 Å². The summed E-state index contributed by atoms with van der Waals surface area (Å²) in [6.07, 6.45) is 0. The molecule has 0 fully saturated rings. The Balaban J connectivity index is 1.16. The number of hydrogen-bond donors (Lipinski definition) is 1. The van der Waals surface area contributed by atoms with Crippen LogP contribution in [0.5, 0.6) is 23.0 Å². The molecule has 2 heterocycles. The van der Waals surface area contributed by atoms with E-state index in [0.717, 1.165) is 90.0 Å². The van der Waals surface area contributed by atoms with Crippen LogP contribution in [0, 0.1) is 0 Å². The fraction of sp³-hybridized carbons (Fsp3) is 0.0204. The van der Waals surface area contributed by atoms with Crippen molar-refractivity contribution in [1.29, 1.82) is 0 Å². The van der Waals surface area contributed by atoms with Crippen molar-refractivity contribution in [3.8, 4) is 56.4 Å². The third-order valence-corrected chi connectivity index (χ3v) is 10.4. The molecule has 8 aromatic rings. The molecule has 0 radical (unpaired) electrons. The quantitative estimate of drug-likeness (QED) is 0.198. The Labute approximate surface area is 303 Å². The largest absolute Gasteiger partial charge is 0.457 e. The summed E-state index contributed by atoms with van der Waals surface area (Å²) in [7, 11) is 0. The molecule has 1 spiro atoms. The number of rotatable bonds is 5. The molecule has 8 aromatic carbocycles. The highest BCUT2D eigenvalue weighted by atomic mass is 16.5. The van der Waals surface area contributed by atoms with Gasteiger partial charge in [-0.1, -0.05) is 152 Å². The van der Waals surface area contributed by atoms with Gasteiger partial charge in [0.15, 0.2) is 0 Å². The molecule has 2 aliphatic heterocycles. The zero-order valence-electron chi connectivity index (χ0n) is 28.3. The first kappa shape index (κ1) is 30.0. The Hall–Kier alpha value is -6.84. The molecule has 0 saturated heterocycles. The first-order valence-corrected chi connectivity index (χ1v) is 17.7. The minimum atomic E-state index is -0.653. The molecule has 3 heteroatoms. The van der Waals surface area contributed by atoms with Crippen LogP contribution >= 0.6 is 0 Å². The van der Waals surface area contributed by atoms with Crippen LogP contribution in [0.3, 0.4) is 0 Å². The van der Waals surface area contributed by atoms with Crippen LogP contribution < -0.4 is 14.8 Å². The molecule has 0 bridgehead atoms. The SMILES string of the molecule is c1ccc(Nc2cc(-c3ccc4c(c3)Oc3ccccc3C43c4ccccc4Oc4cc(-c5ccccc5)ccc43)ccc2-c2ccccc2)cc1. The second-order valence-electron chi connectivity index (χ2n) is 13.4. The molecule has 1 atom stereocenters. The van der Waals surface area contributed by atoms with Crippen molar-refractivity contribution < 1.29 is 9.47 Å². The van der Waals surface area contributed by atoms with Gasteiger partial charge in [-0.05, 0) is 70.3 Å². The second-order valence-corrected chi connectivity index (χ2v) is 13.4. The Morgan fingerprint density at radius 1 is 0.327 bits per heavy atom. The first-order chi connectivity index (χ1) is 25.8. The zero-order valence-corrected chi connectivity index (χ0v) is 28.3. The van der Waals surface area contributed by atoms with E-state index in [1.807, 2.05) is 18.2 Å². The predicted octanol–water partition coefficient (Wildman–Crippen LogP) is 13.0. The molecule has 1 unspecified atom stereocenters. The zero-order chi connectivity index (χ0) is 34.5. The van der Waals surface area contributed by atoms with Crippen molar-refractivity contribution >= 4 is 11.4 Å². The van der Waals surface area contributed by atoms with Gasteiger partial charge in [-0.25, -0.2) is 0 Å². The van der Waals surface area contributed by atoms with E-state index in [9.17, 15) is 0 Å². The maximum absolute atomic E-state index is 6.85. The number of para-hydroxylation sites is 3. The Morgan fingerprint density at radius 3 is 1.37 bits per heavy atom. The molecule has 10 rings (SSSR count).